The van der Waals surface area contributed by atoms with E-state index in [2.05, 4.69) is 10.3 Å². The van der Waals surface area contributed by atoms with Crippen molar-refractivity contribution < 1.29 is 19.4 Å². The molecule has 0 saturated carbocycles. The van der Waals surface area contributed by atoms with Crippen LogP contribution in [0.4, 0.5) is 6.01 Å². The third-order valence-corrected chi connectivity index (χ3v) is 3.47. The highest BCUT2D eigenvalue weighted by Crippen LogP contribution is 2.24. The lowest BCUT2D eigenvalue weighted by atomic mass is 9.93. The Morgan fingerprint density at radius 2 is 2.05 bits per heavy atom. The first-order chi connectivity index (χ1) is 10.4. The molecule has 1 aromatic carbocycles. The van der Waals surface area contributed by atoms with E-state index in [0.717, 1.165) is 0 Å². The molecule has 7 heteroatoms. The highest BCUT2D eigenvalue weighted by atomic mass is 16.4. The number of hydrogen-bond donors (Lipinski definition) is 3. The SMILES string of the molecule is CN(C)c1nc2cccc(C(=O)NCC(C)(CO)CO)c2o1. The van der Waals surface area contributed by atoms with Gasteiger partial charge in [0.2, 0.25) is 0 Å². The molecular weight excluding hydrogens is 286 g/mol. The van der Waals surface area contributed by atoms with Gasteiger partial charge in [-0.25, -0.2) is 0 Å². The second-order valence-electron chi connectivity index (χ2n) is 5.85. The first-order valence-corrected chi connectivity index (χ1v) is 6.97. The van der Waals surface area contributed by atoms with Gasteiger partial charge < -0.3 is 24.8 Å². The maximum atomic E-state index is 12.3. The summed E-state index contributed by atoms with van der Waals surface area (Å²) in [5, 5.41) is 21.2. The largest absolute Gasteiger partial charge is 0.423 e. The first kappa shape index (κ1) is 16.3. The summed E-state index contributed by atoms with van der Waals surface area (Å²) in [7, 11) is 3.61. The number of amides is 1. The molecule has 0 aliphatic rings. The van der Waals surface area contributed by atoms with Crippen molar-refractivity contribution in [2.24, 2.45) is 5.41 Å². The number of aliphatic hydroxyl groups excluding tert-OH is 2. The van der Waals surface area contributed by atoms with Gasteiger partial charge in [0, 0.05) is 26.1 Å². The van der Waals surface area contributed by atoms with E-state index in [9.17, 15) is 15.0 Å². The zero-order valence-electron chi connectivity index (χ0n) is 13.0. The van der Waals surface area contributed by atoms with Crippen molar-refractivity contribution in [2.45, 2.75) is 6.92 Å². The van der Waals surface area contributed by atoms with Crippen LogP contribution in [0.15, 0.2) is 22.6 Å². The van der Waals surface area contributed by atoms with Crippen molar-refractivity contribution in [1.82, 2.24) is 10.3 Å². The molecule has 7 nitrogen and oxygen atoms in total. The van der Waals surface area contributed by atoms with Gasteiger partial charge in [-0.2, -0.15) is 4.98 Å². The van der Waals surface area contributed by atoms with Gasteiger partial charge in [0.05, 0.1) is 18.8 Å². The van der Waals surface area contributed by atoms with E-state index in [1.165, 1.54) is 0 Å². The van der Waals surface area contributed by atoms with Crippen molar-refractivity contribution in [3.63, 3.8) is 0 Å². The van der Waals surface area contributed by atoms with E-state index in [-0.39, 0.29) is 25.7 Å². The molecule has 120 valence electrons. The first-order valence-electron chi connectivity index (χ1n) is 6.97. The predicted octanol–water partition coefficient (Wildman–Crippen LogP) is 0.614. The van der Waals surface area contributed by atoms with Gasteiger partial charge in [-0.05, 0) is 12.1 Å². The number of aliphatic hydroxyl groups is 2. The lowest BCUT2D eigenvalue weighted by molar-refractivity contribution is 0.0647. The molecule has 3 N–H and O–H groups in total. The van der Waals surface area contributed by atoms with Crippen LogP contribution in [0, 0.1) is 5.41 Å². The molecule has 0 saturated heterocycles. The summed E-state index contributed by atoms with van der Waals surface area (Å²) in [5.74, 6) is -0.333. The molecule has 0 bridgehead atoms. The van der Waals surface area contributed by atoms with Gasteiger partial charge in [-0.3, -0.25) is 4.79 Å². The monoisotopic (exact) mass is 307 g/mol. The second kappa shape index (κ2) is 6.33. The number of para-hydroxylation sites is 1. The summed E-state index contributed by atoms with van der Waals surface area (Å²) in [5.41, 5.74) is 0.623. The molecule has 0 fully saturated rings. The van der Waals surface area contributed by atoms with Crippen LogP contribution in [0.1, 0.15) is 17.3 Å². The molecule has 22 heavy (non-hydrogen) atoms. The smallest absolute Gasteiger partial charge is 0.297 e. The van der Waals surface area contributed by atoms with Gasteiger partial charge >= 0.3 is 0 Å². The minimum Gasteiger partial charge on any atom is -0.423 e. The van der Waals surface area contributed by atoms with Gasteiger partial charge in [-0.15, -0.1) is 0 Å². The number of oxazole rings is 1. The molecule has 1 aromatic heterocycles. The number of hydrogen-bond acceptors (Lipinski definition) is 6. The Kier molecular flexibility index (Phi) is 4.68. The number of benzene rings is 1. The third-order valence-electron chi connectivity index (χ3n) is 3.47. The fraction of sp³-hybridized carbons (Fsp3) is 0.467. The molecule has 0 aliphatic carbocycles. The molecule has 2 rings (SSSR count). The number of fused-ring (bicyclic) bond motifs is 1. The number of nitrogens with one attached hydrogen (secondary N) is 1. The molecule has 2 aromatic rings. The molecule has 0 unspecified atom stereocenters. The van der Waals surface area contributed by atoms with Crippen molar-refractivity contribution in [1.29, 1.82) is 0 Å². The lowest BCUT2D eigenvalue weighted by Crippen LogP contribution is -2.40. The quantitative estimate of drug-likeness (QED) is 0.723. The number of carbonyl (C=O) groups excluding carboxylic acids is 1. The summed E-state index contributed by atoms with van der Waals surface area (Å²) in [4.78, 5) is 18.4. The van der Waals surface area contributed by atoms with E-state index in [0.29, 0.717) is 22.7 Å². The summed E-state index contributed by atoms with van der Waals surface area (Å²) >= 11 is 0. The van der Waals surface area contributed by atoms with Crippen molar-refractivity contribution in [3.8, 4) is 0 Å². The van der Waals surface area contributed by atoms with Crippen LogP contribution < -0.4 is 10.2 Å². The predicted molar refractivity (Wildman–Crippen MR) is 82.9 cm³/mol. The summed E-state index contributed by atoms with van der Waals surface area (Å²) in [6.07, 6.45) is 0. The maximum Gasteiger partial charge on any atom is 0.297 e. The summed E-state index contributed by atoms with van der Waals surface area (Å²) in [6, 6.07) is 5.58. The van der Waals surface area contributed by atoms with Gasteiger partial charge in [0.15, 0.2) is 5.58 Å². The van der Waals surface area contributed by atoms with Crippen molar-refractivity contribution >= 4 is 23.0 Å². The Morgan fingerprint density at radius 3 is 2.64 bits per heavy atom. The Balaban J connectivity index is 2.24. The van der Waals surface area contributed by atoms with Crippen LogP contribution in [0.5, 0.6) is 0 Å². The number of carbonyl (C=O) groups is 1. The normalized spacial score (nSPS) is 11.7. The van der Waals surface area contributed by atoms with Crippen LogP contribution in [0.25, 0.3) is 11.1 Å². The molecule has 0 spiro atoms. The van der Waals surface area contributed by atoms with E-state index >= 15 is 0 Å². The van der Waals surface area contributed by atoms with E-state index < -0.39 is 5.41 Å². The van der Waals surface area contributed by atoms with Crippen LogP contribution in [-0.2, 0) is 0 Å². The van der Waals surface area contributed by atoms with Crippen LogP contribution in [0.3, 0.4) is 0 Å². The molecule has 0 aliphatic heterocycles. The molecule has 0 atom stereocenters. The number of nitrogens with zero attached hydrogens (tertiary/aromatic N) is 2. The third kappa shape index (κ3) is 3.20. The number of rotatable bonds is 6. The van der Waals surface area contributed by atoms with Crippen molar-refractivity contribution in [3.05, 3.63) is 23.8 Å². The Bertz CT molecular complexity index is 662. The second-order valence-corrected chi connectivity index (χ2v) is 5.85. The van der Waals surface area contributed by atoms with Gasteiger partial charge in [0.25, 0.3) is 11.9 Å². The minimum absolute atomic E-state index is 0.157. The molecule has 1 amide bonds. The topological polar surface area (TPSA) is 98.8 Å². The zero-order chi connectivity index (χ0) is 16.3. The number of anilines is 1. The molecular formula is C15H21N3O4. The average molecular weight is 307 g/mol. The fourth-order valence-corrected chi connectivity index (χ4v) is 1.86. The maximum absolute atomic E-state index is 12.3. The van der Waals surface area contributed by atoms with Crippen LogP contribution in [-0.4, -0.2) is 55.0 Å². The molecule has 0 radical (unpaired) electrons. The Hall–Kier alpha value is -2.12. The Labute approximate surface area is 128 Å². The fourth-order valence-electron chi connectivity index (χ4n) is 1.86. The van der Waals surface area contributed by atoms with Crippen LogP contribution >= 0.6 is 0 Å². The zero-order valence-corrected chi connectivity index (χ0v) is 13.0. The average Bonchev–Trinajstić information content (AvgIpc) is 2.96. The van der Waals surface area contributed by atoms with E-state index in [1.807, 2.05) is 0 Å². The summed E-state index contributed by atoms with van der Waals surface area (Å²) < 4.78 is 5.62. The van der Waals surface area contributed by atoms with Crippen LogP contribution in [0.2, 0.25) is 0 Å². The van der Waals surface area contributed by atoms with Crippen molar-refractivity contribution in [2.75, 3.05) is 38.8 Å². The lowest BCUT2D eigenvalue weighted by Gasteiger charge is -2.24. The highest BCUT2D eigenvalue weighted by Gasteiger charge is 2.24. The highest BCUT2D eigenvalue weighted by molar-refractivity contribution is 6.04. The van der Waals surface area contributed by atoms with E-state index in [1.54, 1.807) is 44.1 Å². The molecule has 1 heterocycles. The number of aromatic nitrogens is 1. The van der Waals surface area contributed by atoms with E-state index in [4.69, 9.17) is 4.42 Å². The summed E-state index contributed by atoms with van der Waals surface area (Å²) in [6.45, 7) is 1.40. The standard InChI is InChI=1S/C15H21N3O4/c1-15(8-19,9-20)7-16-13(21)10-5-4-6-11-12(10)22-14(17-11)18(2)3/h4-6,19-20H,7-9H2,1-3H3,(H,16,21). The Morgan fingerprint density at radius 1 is 1.36 bits per heavy atom. The van der Waals surface area contributed by atoms with Gasteiger partial charge in [-0.1, -0.05) is 13.0 Å². The minimum atomic E-state index is -0.764. The van der Waals surface area contributed by atoms with Gasteiger partial charge in [0.1, 0.15) is 5.52 Å².